The van der Waals surface area contributed by atoms with Crippen molar-refractivity contribution < 1.29 is 13.2 Å². The third-order valence-corrected chi connectivity index (χ3v) is 7.76. The Morgan fingerprint density at radius 2 is 1.86 bits per heavy atom. The van der Waals surface area contributed by atoms with Crippen LogP contribution in [0.15, 0.2) is 77.1 Å². The molecule has 2 aromatic carbocycles. The number of aromatic nitrogens is 4. The molecule has 5 aromatic rings. The number of amides is 1. The predicted octanol–water partition coefficient (Wildman–Crippen LogP) is 3.94. The highest BCUT2D eigenvalue weighted by molar-refractivity contribution is 7.89. The van der Waals surface area contributed by atoms with Crippen molar-refractivity contribution in [1.82, 2.24) is 24.5 Å². The summed E-state index contributed by atoms with van der Waals surface area (Å²) in [6.07, 6.45) is 0.0329. The van der Waals surface area contributed by atoms with E-state index in [-0.39, 0.29) is 17.2 Å². The summed E-state index contributed by atoms with van der Waals surface area (Å²) >= 11 is 1.56. The monoisotopic (exact) mass is 518 g/mol. The van der Waals surface area contributed by atoms with E-state index in [1.807, 2.05) is 48.8 Å². The van der Waals surface area contributed by atoms with E-state index in [9.17, 15) is 13.2 Å². The fourth-order valence-corrected chi connectivity index (χ4v) is 5.21. The van der Waals surface area contributed by atoms with Crippen LogP contribution in [0.4, 0.5) is 5.69 Å². The van der Waals surface area contributed by atoms with Crippen LogP contribution in [-0.2, 0) is 21.2 Å². The Labute approximate surface area is 211 Å². The SMILES string of the molecule is CNS(=O)(=O)c1ccc(NC(=O)Cc2cc(-c3ccc4ncsc4c3)n(-c3cccc(C)n3)n2)cc1. The fourth-order valence-electron chi connectivity index (χ4n) is 3.76. The Hall–Kier alpha value is -3.93. The second kappa shape index (κ2) is 9.61. The van der Waals surface area contributed by atoms with Crippen LogP contribution in [0.25, 0.3) is 27.3 Å². The largest absolute Gasteiger partial charge is 0.326 e. The van der Waals surface area contributed by atoms with Crippen molar-refractivity contribution >= 4 is 43.2 Å². The van der Waals surface area contributed by atoms with Gasteiger partial charge in [0.25, 0.3) is 0 Å². The average Bonchev–Trinajstić information content (AvgIpc) is 3.51. The lowest BCUT2D eigenvalue weighted by atomic mass is 10.1. The van der Waals surface area contributed by atoms with Crippen LogP contribution in [0.5, 0.6) is 0 Å². The molecule has 0 aliphatic carbocycles. The molecule has 0 aliphatic rings. The number of aryl methyl sites for hydroxylation is 1. The van der Waals surface area contributed by atoms with Gasteiger partial charge in [-0.1, -0.05) is 12.1 Å². The van der Waals surface area contributed by atoms with Gasteiger partial charge in [0.1, 0.15) is 0 Å². The molecule has 0 saturated heterocycles. The Morgan fingerprint density at radius 3 is 2.61 bits per heavy atom. The topological polar surface area (TPSA) is 119 Å². The zero-order valence-electron chi connectivity index (χ0n) is 19.5. The third-order valence-electron chi connectivity index (χ3n) is 5.54. The first-order valence-corrected chi connectivity index (χ1v) is 13.4. The number of anilines is 1. The molecule has 0 bridgehead atoms. The molecule has 0 unspecified atom stereocenters. The van der Waals surface area contributed by atoms with Crippen LogP contribution < -0.4 is 10.0 Å². The minimum absolute atomic E-state index is 0.0329. The van der Waals surface area contributed by atoms with Crippen LogP contribution in [0.1, 0.15) is 11.4 Å². The lowest BCUT2D eigenvalue weighted by molar-refractivity contribution is -0.115. The van der Waals surface area contributed by atoms with Crippen molar-refractivity contribution in [1.29, 1.82) is 0 Å². The Kier molecular flexibility index (Phi) is 6.35. The Balaban J connectivity index is 1.43. The number of fused-ring (bicyclic) bond motifs is 1. The van der Waals surface area contributed by atoms with Crippen LogP contribution >= 0.6 is 11.3 Å². The first kappa shape index (κ1) is 23.8. The lowest BCUT2D eigenvalue weighted by Crippen LogP contribution is -2.19. The molecule has 1 amide bonds. The van der Waals surface area contributed by atoms with E-state index >= 15 is 0 Å². The van der Waals surface area contributed by atoms with E-state index in [2.05, 4.69) is 26.1 Å². The molecule has 3 aromatic heterocycles. The number of pyridine rings is 1. The molecule has 0 aliphatic heterocycles. The molecule has 0 spiro atoms. The standard InChI is InChI=1S/C25H22N6O3S2/c1-16-4-3-5-24(28-16)31-22(17-6-11-21-23(12-17)35-15-27-21)13-19(30-31)14-25(32)29-18-7-9-20(10-8-18)36(33,34)26-2/h3-13,15,26H,14H2,1-2H3,(H,29,32). The van der Waals surface area contributed by atoms with E-state index in [1.165, 1.54) is 19.2 Å². The summed E-state index contributed by atoms with van der Waals surface area (Å²) in [5, 5.41) is 7.50. The number of carbonyl (C=O) groups excluding carboxylic acids is 1. The minimum Gasteiger partial charge on any atom is -0.326 e. The van der Waals surface area contributed by atoms with Gasteiger partial charge in [0, 0.05) is 16.9 Å². The molecule has 36 heavy (non-hydrogen) atoms. The van der Waals surface area contributed by atoms with Crippen LogP contribution in [0, 0.1) is 6.92 Å². The van der Waals surface area contributed by atoms with Gasteiger partial charge in [-0.3, -0.25) is 4.79 Å². The molecular weight excluding hydrogens is 496 g/mol. The molecule has 0 fully saturated rings. The number of rotatable bonds is 7. The third kappa shape index (κ3) is 4.89. The van der Waals surface area contributed by atoms with Crippen molar-refractivity contribution in [3.63, 3.8) is 0 Å². The van der Waals surface area contributed by atoms with E-state index in [0.717, 1.165) is 27.2 Å². The number of nitrogens with one attached hydrogen (secondary N) is 2. The number of sulfonamides is 1. The van der Waals surface area contributed by atoms with Crippen LogP contribution in [0.2, 0.25) is 0 Å². The Bertz CT molecular complexity index is 1670. The van der Waals surface area contributed by atoms with Gasteiger partial charge in [0.2, 0.25) is 15.9 Å². The summed E-state index contributed by atoms with van der Waals surface area (Å²) in [6, 6.07) is 19.6. The number of benzene rings is 2. The van der Waals surface area contributed by atoms with Gasteiger partial charge >= 0.3 is 0 Å². The molecule has 0 saturated carbocycles. The second-order valence-electron chi connectivity index (χ2n) is 8.06. The highest BCUT2D eigenvalue weighted by Crippen LogP contribution is 2.28. The summed E-state index contributed by atoms with van der Waals surface area (Å²) in [5.41, 5.74) is 6.41. The van der Waals surface area contributed by atoms with Crippen molar-refractivity contribution in [3.05, 3.63) is 83.6 Å². The molecule has 182 valence electrons. The molecule has 9 nitrogen and oxygen atoms in total. The molecule has 3 heterocycles. The summed E-state index contributed by atoms with van der Waals surface area (Å²) in [7, 11) is -2.20. The maximum absolute atomic E-state index is 12.8. The summed E-state index contributed by atoms with van der Waals surface area (Å²) in [6.45, 7) is 1.91. The van der Waals surface area contributed by atoms with Gasteiger partial charge in [-0.15, -0.1) is 11.3 Å². The summed E-state index contributed by atoms with van der Waals surface area (Å²) in [4.78, 5) is 21.9. The van der Waals surface area contributed by atoms with Gasteiger partial charge in [-0.05, 0) is 68.6 Å². The average molecular weight is 519 g/mol. The Morgan fingerprint density at radius 1 is 1.06 bits per heavy atom. The zero-order chi connectivity index (χ0) is 25.3. The quantitative estimate of drug-likeness (QED) is 0.337. The molecule has 2 N–H and O–H groups in total. The zero-order valence-corrected chi connectivity index (χ0v) is 21.1. The van der Waals surface area contributed by atoms with Gasteiger partial charge in [-0.2, -0.15) is 5.10 Å². The number of carbonyl (C=O) groups is 1. The first-order chi connectivity index (χ1) is 17.3. The summed E-state index contributed by atoms with van der Waals surface area (Å²) in [5.74, 6) is 0.382. The van der Waals surface area contributed by atoms with Gasteiger partial charge in [0.15, 0.2) is 5.82 Å². The maximum Gasteiger partial charge on any atom is 0.240 e. The fraction of sp³-hybridized carbons (Fsp3) is 0.120. The minimum atomic E-state index is -3.54. The number of hydrogen-bond acceptors (Lipinski definition) is 7. The van der Waals surface area contributed by atoms with Crippen molar-refractivity contribution in [2.24, 2.45) is 0 Å². The van der Waals surface area contributed by atoms with Crippen LogP contribution in [0.3, 0.4) is 0 Å². The van der Waals surface area contributed by atoms with E-state index in [4.69, 9.17) is 5.10 Å². The lowest BCUT2D eigenvalue weighted by Gasteiger charge is -2.07. The first-order valence-electron chi connectivity index (χ1n) is 11.0. The van der Waals surface area contributed by atoms with Crippen LogP contribution in [-0.4, -0.2) is 41.1 Å². The molecular formula is C25H22N6O3S2. The maximum atomic E-state index is 12.8. The number of hydrogen-bond donors (Lipinski definition) is 2. The smallest absolute Gasteiger partial charge is 0.240 e. The second-order valence-corrected chi connectivity index (χ2v) is 10.8. The normalized spacial score (nSPS) is 11.6. The number of thiazole rings is 1. The van der Waals surface area contributed by atoms with Gasteiger partial charge in [-0.25, -0.2) is 27.8 Å². The van der Waals surface area contributed by atoms with Gasteiger partial charge in [0.05, 0.1) is 38.4 Å². The molecule has 0 radical (unpaired) electrons. The number of nitrogens with zero attached hydrogens (tertiary/aromatic N) is 4. The summed E-state index contributed by atoms with van der Waals surface area (Å²) < 4.78 is 28.9. The van der Waals surface area contributed by atoms with Gasteiger partial charge < -0.3 is 5.32 Å². The molecule has 11 heteroatoms. The molecule has 0 atom stereocenters. The molecule has 5 rings (SSSR count). The predicted molar refractivity (Wildman–Crippen MR) is 140 cm³/mol. The van der Waals surface area contributed by atoms with E-state index < -0.39 is 10.0 Å². The van der Waals surface area contributed by atoms with E-state index in [1.54, 1.807) is 28.2 Å². The van der Waals surface area contributed by atoms with Crippen molar-refractivity contribution in [3.8, 4) is 17.1 Å². The highest BCUT2D eigenvalue weighted by Gasteiger charge is 2.17. The van der Waals surface area contributed by atoms with Crippen molar-refractivity contribution in [2.75, 3.05) is 12.4 Å². The van der Waals surface area contributed by atoms with Crippen molar-refractivity contribution in [2.45, 2.75) is 18.2 Å². The van der Waals surface area contributed by atoms with E-state index in [0.29, 0.717) is 17.2 Å². The highest BCUT2D eigenvalue weighted by atomic mass is 32.2.